The zero-order valence-corrected chi connectivity index (χ0v) is 21.4. The molecule has 1 N–H and O–H groups in total. The summed E-state index contributed by atoms with van der Waals surface area (Å²) in [6.45, 7) is 10.4. The summed E-state index contributed by atoms with van der Waals surface area (Å²) in [5, 5.41) is 2.31. The van der Waals surface area contributed by atoms with Gasteiger partial charge in [0.05, 0.1) is 4.91 Å². The van der Waals surface area contributed by atoms with Crippen molar-refractivity contribution >= 4 is 46.3 Å². The first kappa shape index (κ1) is 24.1. The van der Waals surface area contributed by atoms with Crippen LogP contribution in [-0.2, 0) is 9.59 Å². The van der Waals surface area contributed by atoms with Crippen molar-refractivity contribution in [2.24, 2.45) is 0 Å². The standard InChI is InChI=1S/C27H31N3O3S/c1-16-7-9-20(10-8-16)28-24(31)15-30-25(32)23(34-26(30)33)13-19-12-21-18(3)14-27(4,5)29(6)22(21)11-17(19)2/h7-13,18H,14-15H2,1-6H3,(H,28,31)/b23-13-. The molecule has 2 aliphatic heterocycles. The van der Waals surface area contributed by atoms with Gasteiger partial charge < -0.3 is 10.2 Å². The van der Waals surface area contributed by atoms with Crippen LogP contribution in [0.3, 0.4) is 0 Å². The van der Waals surface area contributed by atoms with Gasteiger partial charge >= 0.3 is 0 Å². The number of rotatable bonds is 4. The van der Waals surface area contributed by atoms with E-state index in [0.29, 0.717) is 16.5 Å². The molecule has 0 bridgehead atoms. The summed E-state index contributed by atoms with van der Waals surface area (Å²) in [6, 6.07) is 11.7. The van der Waals surface area contributed by atoms with Gasteiger partial charge in [0.15, 0.2) is 0 Å². The van der Waals surface area contributed by atoms with Crippen LogP contribution in [0.15, 0.2) is 41.3 Å². The summed E-state index contributed by atoms with van der Waals surface area (Å²) in [5.74, 6) is -0.455. The third kappa shape index (κ3) is 4.62. The number of nitrogens with one attached hydrogen (secondary N) is 1. The molecule has 2 aromatic carbocycles. The molecule has 1 atom stereocenters. The van der Waals surface area contributed by atoms with Crippen LogP contribution in [-0.4, -0.2) is 41.1 Å². The highest BCUT2D eigenvalue weighted by molar-refractivity contribution is 8.18. The van der Waals surface area contributed by atoms with E-state index < -0.39 is 17.1 Å². The van der Waals surface area contributed by atoms with Gasteiger partial charge in [-0.3, -0.25) is 19.3 Å². The van der Waals surface area contributed by atoms with Gasteiger partial charge in [-0.15, -0.1) is 0 Å². The molecule has 1 fully saturated rings. The Hall–Kier alpha value is -3.06. The van der Waals surface area contributed by atoms with Crippen molar-refractivity contribution in [3.05, 3.63) is 63.6 Å². The highest BCUT2D eigenvalue weighted by Crippen LogP contribution is 2.44. The lowest BCUT2D eigenvalue weighted by Gasteiger charge is -2.45. The number of imide groups is 1. The summed E-state index contributed by atoms with van der Waals surface area (Å²) in [5.41, 5.74) is 6.20. The monoisotopic (exact) mass is 477 g/mol. The van der Waals surface area contributed by atoms with Gasteiger partial charge in [0.2, 0.25) is 5.91 Å². The molecule has 2 aliphatic rings. The Kier molecular flexibility index (Phi) is 6.34. The van der Waals surface area contributed by atoms with Crippen LogP contribution in [0, 0.1) is 13.8 Å². The molecular weight excluding hydrogens is 446 g/mol. The Balaban J connectivity index is 1.54. The molecule has 4 rings (SSSR count). The fourth-order valence-electron chi connectivity index (χ4n) is 4.65. The SMILES string of the molecule is Cc1ccc(NC(=O)CN2C(=O)S/C(=C\c3cc4c(cc3C)N(C)C(C)(C)CC4C)C2=O)cc1. The Morgan fingerprint density at radius 3 is 2.53 bits per heavy atom. The van der Waals surface area contributed by atoms with E-state index >= 15 is 0 Å². The number of carbonyl (C=O) groups is 3. The van der Waals surface area contributed by atoms with E-state index in [-0.39, 0.29) is 12.1 Å². The molecule has 6 nitrogen and oxygen atoms in total. The number of aryl methyl sites for hydroxylation is 2. The van der Waals surface area contributed by atoms with Crippen molar-refractivity contribution in [2.75, 3.05) is 23.8 Å². The van der Waals surface area contributed by atoms with E-state index in [0.717, 1.165) is 39.8 Å². The van der Waals surface area contributed by atoms with Crippen molar-refractivity contribution in [1.82, 2.24) is 4.90 Å². The molecule has 34 heavy (non-hydrogen) atoms. The third-order valence-corrected chi connectivity index (χ3v) is 7.73. The molecule has 0 spiro atoms. The van der Waals surface area contributed by atoms with Crippen LogP contribution in [0.25, 0.3) is 6.08 Å². The molecule has 3 amide bonds. The summed E-state index contributed by atoms with van der Waals surface area (Å²) >= 11 is 0.882. The first-order valence-electron chi connectivity index (χ1n) is 11.5. The molecule has 7 heteroatoms. The fraction of sp³-hybridized carbons (Fsp3) is 0.370. The Morgan fingerprint density at radius 1 is 1.18 bits per heavy atom. The van der Waals surface area contributed by atoms with E-state index in [1.807, 2.05) is 26.0 Å². The Labute approximate surface area is 205 Å². The lowest BCUT2D eigenvalue weighted by atomic mass is 9.79. The van der Waals surface area contributed by atoms with Gasteiger partial charge in [-0.1, -0.05) is 24.6 Å². The zero-order chi connectivity index (χ0) is 24.8. The fourth-order valence-corrected chi connectivity index (χ4v) is 5.48. The summed E-state index contributed by atoms with van der Waals surface area (Å²) < 4.78 is 0. The van der Waals surface area contributed by atoms with Gasteiger partial charge in [-0.2, -0.15) is 0 Å². The first-order chi connectivity index (χ1) is 16.0. The van der Waals surface area contributed by atoms with Crippen LogP contribution in [0.2, 0.25) is 0 Å². The normalized spacial score (nSPS) is 20.6. The first-order valence-corrected chi connectivity index (χ1v) is 12.3. The maximum Gasteiger partial charge on any atom is 0.294 e. The second-order valence-corrected chi connectivity index (χ2v) is 10.9. The highest BCUT2D eigenvalue weighted by atomic mass is 32.2. The zero-order valence-electron chi connectivity index (χ0n) is 20.6. The predicted molar refractivity (Wildman–Crippen MR) is 139 cm³/mol. The number of nitrogens with zero attached hydrogens (tertiary/aromatic N) is 2. The lowest BCUT2D eigenvalue weighted by Crippen LogP contribution is -2.45. The molecule has 1 unspecified atom stereocenters. The molecule has 0 aliphatic carbocycles. The van der Waals surface area contributed by atoms with E-state index in [1.165, 1.54) is 11.3 Å². The molecular formula is C27H31N3O3S. The number of thioether (sulfide) groups is 1. The lowest BCUT2D eigenvalue weighted by molar-refractivity contribution is -0.127. The van der Waals surface area contributed by atoms with Crippen molar-refractivity contribution in [2.45, 2.75) is 52.5 Å². The maximum absolute atomic E-state index is 13.0. The largest absolute Gasteiger partial charge is 0.369 e. The van der Waals surface area contributed by atoms with E-state index in [9.17, 15) is 14.4 Å². The van der Waals surface area contributed by atoms with Crippen LogP contribution in [0.1, 0.15) is 55.4 Å². The minimum absolute atomic E-state index is 0.0716. The molecule has 1 saturated heterocycles. The van der Waals surface area contributed by atoms with Crippen LogP contribution >= 0.6 is 11.8 Å². The molecule has 2 heterocycles. The number of carbonyl (C=O) groups excluding carboxylic acids is 3. The number of amides is 3. The second-order valence-electron chi connectivity index (χ2n) is 9.93. The minimum Gasteiger partial charge on any atom is -0.369 e. The van der Waals surface area contributed by atoms with Crippen LogP contribution in [0.4, 0.5) is 16.2 Å². The number of fused-ring (bicyclic) bond motifs is 1. The topological polar surface area (TPSA) is 69.7 Å². The van der Waals surface area contributed by atoms with E-state index in [2.05, 4.69) is 50.2 Å². The number of benzene rings is 2. The van der Waals surface area contributed by atoms with Gasteiger partial charge in [-0.05, 0) is 98.8 Å². The summed E-state index contributed by atoms with van der Waals surface area (Å²) in [7, 11) is 2.12. The number of anilines is 2. The van der Waals surface area contributed by atoms with E-state index in [4.69, 9.17) is 0 Å². The van der Waals surface area contributed by atoms with Gasteiger partial charge in [-0.25, -0.2) is 0 Å². The third-order valence-electron chi connectivity index (χ3n) is 6.82. The van der Waals surface area contributed by atoms with E-state index in [1.54, 1.807) is 18.2 Å². The Morgan fingerprint density at radius 2 is 1.85 bits per heavy atom. The average Bonchev–Trinajstić information content (AvgIpc) is 3.02. The molecule has 0 radical (unpaired) electrons. The molecule has 0 aromatic heterocycles. The van der Waals surface area contributed by atoms with Crippen molar-refractivity contribution in [1.29, 1.82) is 0 Å². The van der Waals surface area contributed by atoms with Gasteiger partial charge in [0, 0.05) is 24.0 Å². The molecule has 2 aromatic rings. The van der Waals surface area contributed by atoms with Crippen LogP contribution in [0.5, 0.6) is 0 Å². The quantitative estimate of drug-likeness (QED) is 0.572. The predicted octanol–water partition coefficient (Wildman–Crippen LogP) is 5.70. The highest BCUT2D eigenvalue weighted by Gasteiger charge is 2.37. The summed E-state index contributed by atoms with van der Waals surface area (Å²) in [4.78, 5) is 41.6. The van der Waals surface area contributed by atoms with Crippen molar-refractivity contribution in [3.8, 4) is 0 Å². The maximum atomic E-state index is 13.0. The van der Waals surface area contributed by atoms with Crippen molar-refractivity contribution < 1.29 is 14.4 Å². The van der Waals surface area contributed by atoms with Gasteiger partial charge in [0.1, 0.15) is 6.54 Å². The molecule has 0 saturated carbocycles. The number of hydrogen-bond acceptors (Lipinski definition) is 5. The second kappa shape index (κ2) is 8.95. The summed E-state index contributed by atoms with van der Waals surface area (Å²) in [6.07, 6.45) is 2.82. The minimum atomic E-state index is -0.433. The smallest absolute Gasteiger partial charge is 0.294 e. The average molecular weight is 478 g/mol. The van der Waals surface area contributed by atoms with Gasteiger partial charge in [0.25, 0.3) is 11.1 Å². The number of hydrogen-bond donors (Lipinski definition) is 1. The van der Waals surface area contributed by atoms with Crippen molar-refractivity contribution in [3.63, 3.8) is 0 Å². The van der Waals surface area contributed by atoms with Crippen LogP contribution < -0.4 is 10.2 Å². The Bertz CT molecular complexity index is 1200. The molecule has 178 valence electrons.